The van der Waals surface area contributed by atoms with E-state index in [0.717, 1.165) is 6.54 Å². The second-order valence-corrected chi connectivity index (χ2v) is 4.72. The van der Waals surface area contributed by atoms with E-state index in [1.807, 2.05) is 7.05 Å². The molecule has 0 aromatic carbocycles. The van der Waals surface area contributed by atoms with Crippen molar-refractivity contribution < 1.29 is 4.79 Å². The molecule has 0 spiro atoms. The van der Waals surface area contributed by atoms with E-state index in [1.54, 1.807) is 19.0 Å². The molecule has 0 bridgehead atoms. The largest absolute Gasteiger partial charge is 0.349 e. The Morgan fingerprint density at radius 1 is 1.27 bits per heavy atom. The molecule has 1 unspecified atom stereocenters. The third kappa shape index (κ3) is 5.74. The number of carbonyl (C=O) groups excluding carboxylic acids is 1. The van der Waals surface area contributed by atoms with Crippen molar-refractivity contribution in [3.8, 4) is 0 Å². The average Bonchev–Trinajstić information content (AvgIpc) is 2.11. The third-order valence-electron chi connectivity index (χ3n) is 2.46. The molecule has 4 nitrogen and oxygen atoms in total. The zero-order valence-corrected chi connectivity index (χ0v) is 10.7. The molecule has 0 saturated heterocycles. The first-order valence-corrected chi connectivity index (χ1v) is 5.49. The van der Waals surface area contributed by atoms with Gasteiger partial charge in [0.1, 0.15) is 0 Å². The Bertz CT molecular complexity index is 192. The molecule has 0 radical (unpaired) electrons. The molecule has 15 heavy (non-hydrogen) atoms. The molecular weight excluding hydrogens is 190 g/mol. The van der Waals surface area contributed by atoms with Crippen LogP contribution in [0.2, 0.25) is 0 Å². The predicted molar refractivity (Wildman–Crippen MR) is 63.6 cm³/mol. The minimum absolute atomic E-state index is 0.140. The molecule has 0 aliphatic carbocycles. The van der Waals surface area contributed by atoms with Gasteiger partial charge >= 0.3 is 0 Å². The molecule has 90 valence electrons. The molecule has 0 aromatic rings. The standard InChI is InChI=1S/C11H25N3O/c1-9(2)8-14(5)10(7-12)6-11(15)13(3)4/h9-10H,6-8,12H2,1-5H3. The molecule has 1 atom stereocenters. The summed E-state index contributed by atoms with van der Waals surface area (Å²) in [7, 11) is 5.58. The van der Waals surface area contributed by atoms with Crippen molar-refractivity contribution in [2.45, 2.75) is 26.3 Å². The first kappa shape index (κ1) is 14.4. The lowest BCUT2D eigenvalue weighted by atomic mass is 10.1. The lowest BCUT2D eigenvalue weighted by molar-refractivity contribution is -0.129. The van der Waals surface area contributed by atoms with Crippen LogP contribution in [0.4, 0.5) is 0 Å². The quantitative estimate of drug-likeness (QED) is 0.697. The molecule has 0 aliphatic heterocycles. The van der Waals surface area contributed by atoms with Gasteiger partial charge in [-0.1, -0.05) is 13.8 Å². The number of nitrogens with zero attached hydrogens (tertiary/aromatic N) is 2. The Morgan fingerprint density at radius 2 is 1.80 bits per heavy atom. The summed E-state index contributed by atoms with van der Waals surface area (Å²) in [6, 6.07) is 0.155. The fraction of sp³-hybridized carbons (Fsp3) is 0.909. The second kappa shape index (κ2) is 6.80. The van der Waals surface area contributed by atoms with Crippen molar-refractivity contribution in [3.63, 3.8) is 0 Å². The summed E-state index contributed by atoms with van der Waals surface area (Å²) in [6.07, 6.45) is 0.507. The molecule has 0 fully saturated rings. The third-order valence-corrected chi connectivity index (χ3v) is 2.46. The van der Waals surface area contributed by atoms with Crippen LogP contribution in [0.3, 0.4) is 0 Å². The minimum Gasteiger partial charge on any atom is -0.349 e. The molecule has 1 amide bonds. The number of hydrogen-bond acceptors (Lipinski definition) is 3. The van der Waals surface area contributed by atoms with E-state index in [9.17, 15) is 4.79 Å². The van der Waals surface area contributed by atoms with Crippen LogP contribution >= 0.6 is 0 Å². The van der Waals surface area contributed by atoms with Crippen LogP contribution in [0.15, 0.2) is 0 Å². The summed E-state index contributed by atoms with van der Waals surface area (Å²) < 4.78 is 0. The highest BCUT2D eigenvalue weighted by molar-refractivity contribution is 5.76. The predicted octanol–water partition coefficient (Wildman–Crippen LogP) is 0.380. The maximum atomic E-state index is 11.5. The van der Waals surface area contributed by atoms with Gasteiger partial charge in [-0.2, -0.15) is 0 Å². The molecule has 0 saturated carbocycles. The Kier molecular flexibility index (Phi) is 6.52. The number of rotatable bonds is 6. The van der Waals surface area contributed by atoms with E-state index in [-0.39, 0.29) is 11.9 Å². The summed E-state index contributed by atoms with van der Waals surface area (Å²) in [6.45, 7) is 5.83. The zero-order chi connectivity index (χ0) is 12.0. The van der Waals surface area contributed by atoms with Crippen LogP contribution in [0.25, 0.3) is 0 Å². The Balaban J connectivity index is 4.17. The number of nitrogens with two attached hydrogens (primary N) is 1. The summed E-state index contributed by atoms with van der Waals surface area (Å²) in [5.74, 6) is 0.736. The summed E-state index contributed by atoms with van der Waals surface area (Å²) in [5.41, 5.74) is 5.69. The fourth-order valence-electron chi connectivity index (χ4n) is 1.53. The fourth-order valence-corrected chi connectivity index (χ4v) is 1.53. The van der Waals surface area contributed by atoms with Crippen molar-refractivity contribution in [2.75, 3.05) is 34.2 Å². The van der Waals surface area contributed by atoms with Crippen LogP contribution in [0.1, 0.15) is 20.3 Å². The Morgan fingerprint density at radius 3 is 2.13 bits per heavy atom. The van der Waals surface area contributed by atoms with Gasteiger partial charge in [-0.15, -0.1) is 0 Å². The molecule has 4 heteroatoms. The zero-order valence-electron chi connectivity index (χ0n) is 10.7. The van der Waals surface area contributed by atoms with E-state index in [1.165, 1.54) is 0 Å². The maximum absolute atomic E-state index is 11.5. The van der Waals surface area contributed by atoms with Gasteiger partial charge in [0, 0.05) is 39.6 Å². The van der Waals surface area contributed by atoms with Crippen LogP contribution in [-0.2, 0) is 4.79 Å². The van der Waals surface area contributed by atoms with Gasteiger partial charge in [0.15, 0.2) is 0 Å². The normalized spacial score (nSPS) is 13.3. The van der Waals surface area contributed by atoms with Crippen LogP contribution in [0.5, 0.6) is 0 Å². The van der Waals surface area contributed by atoms with Crippen molar-refractivity contribution in [1.82, 2.24) is 9.80 Å². The van der Waals surface area contributed by atoms with Crippen LogP contribution in [0, 0.1) is 5.92 Å². The monoisotopic (exact) mass is 215 g/mol. The van der Waals surface area contributed by atoms with Gasteiger partial charge < -0.3 is 15.5 Å². The van der Waals surface area contributed by atoms with Gasteiger partial charge in [0.2, 0.25) is 5.91 Å². The second-order valence-electron chi connectivity index (χ2n) is 4.72. The Hall–Kier alpha value is -0.610. The first-order valence-electron chi connectivity index (χ1n) is 5.49. The summed E-state index contributed by atoms with van der Waals surface area (Å²) in [5, 5.41) is 0. The van der Waals surface area contributed by atoms with Gasteiger partial charge in [0.25, 0.3) is 0 Å². The highest BCUT2D eigenvalue weighted by Gasteiger charge is 2.18. The minimum atomic E-state index is 0.140. The lowest BCUT2D eigenvalue weighted by Gasteiger charge is -2.28. The number of likely N-dealkylation sites (N-methyl/N-ethyl adjacent to an activating group) is 1. The van der Waals surface area contributed by atoms with Crippen LogP contribution in [-0.4, -0.2) is 56.0 Å². The van der Waals surface area contributed by atoms with Gasteiger partial charge in [-0.3, -0.25) is 4.79 Å². The molecule has 2 N–H and O–H groups in total. The lowest BCUT2D eigenvalue weighted by Crippen LogP contribution is -2.43. The molecule has 0 aromatic heterocycles. The van der Waals surface area contributed by atoms with E-state index >= 15 is 0 Å². The van der Waals surface area contributed by atoms with E-state index in [0.29, 0.717) is 18.9 Å². The highest BCUT2D eigenvalue weighted by atomic mass is 16.2. The van der Waals surface area contributed by atoms with Crippen molar-refractivity contribution >= 4 is 5.91 Å². The number of carbonyl (C=O) groups is 1. The van der Waals surface area contributed by atoms with Crippen molar-refractivity contribution in [2.24, 2.45) is 11.7 Å². The topological polar surface area (TPSA) is 49.6 Å². The maximum Gasteiger partial charge on any atom is 0.223 e. The van der Waals surface area contributed by atoms with Gasteiger partial charge in [0.05, 0.1) is 0 Å². The smallest absolute Gasteiger partial charge is 0.223 e. The molecular formula is C11H25N3O. The first-order chi connectivity index (χ1) is 6.88. The van der Waals surface area contributed by atoms with Crippen LogP contribution < -0.4 is 5.73 Å². The average molecular weight is 215 g/mol. The molecule has 0 rings (SSSR count). The summed E-state index contributed by atoms with van der Waals surface area (Å²) in [4.78, 5) is 15.3. The van der Waals surface area contributed by atoms with E-state index < -0.39 is 0 Å². The van der Waals surface area contributed by atoms with Crippen molar-refractivity contribution in [1.29, 1.82) is 0 Å². The highest BCUT2D eigenvalue weighted by Crippen LogP contribution is 2.05. The van der Waals surface area contributed by atoms with Crippen molar-refractivity contribution in [3.05, 3.63) is 0 Å². The Labute approximate surface area is 93.4 Å². The van der Waals surface area contributed by atoms with Gasteiger partial charge in [-0.25, -0.2) is 0 Å². The van der Waals surface area contributed by atoms with E-state index in [4.69, 9.17) is 5.73 Å². The van der Waals surface area contributed by atoms with Gasteiger partial charge in [-0.05, 0) is 13.0 Å². The summed E-state index contributed by atoms with van der Waals surface area (Å²) >= 11 is 0. The molecule has 0 heterocycles. The van der Waals surface area contributed by atoms with E-state index in [2.05, 4.69) is 18.7 Å². The number of amides is 1. The SMILES string of the molecule is CC(C)CN(C)C(CN)CC(=O)N(C)C. The number of hydrogen-bond donors (Lipinski definition) is 1. The molecule has 0 aliphatic rings.